The zero-order chi connectivity index (χ0) is 19.7. The number of aliphatic hydroxyl groups is 1. The summed E-state index contributed by atoms with van der Waals surface area (Å²) in [5, 5.41) is 15.4. The van der Waals surface area contributed by atoms with E-state index in [0.717, 1.165) is 26.7 Å². The number of aromatic nitrogens is 2. The maximum atomic E-state index is 13.1. The Morgan fingerprint density at radius 1 is 1.31 bits per heavy atom. The minimum absolute atomic E-state index is 0.113. The lowest BCUT2D eigenvalue weighted by atomic mass is 9.85. The van der Waals surface area contributed by atoms with Crippen molar-refractivity contribution in [3.8, 4) is 0 Å². The van der Waals surface area contributed by atoms with Crippen molar-refractivity contribution < 1.29 is 23.1 Å². The molecular weight excluding hydrogens is 349 g/mol. The van der Waals surface area contributed by atoms with Crippen molar-refractivity contribution in [2.45, 2.75) is 70.8 Å². The van der Waals surface area contributed by atoms with E-state index in [4.69, 9.17) is 0 Å². The number of ketones is 1. The van der Waals surface area contributed by atoms with Gasteiger partial charge in [-0.2, -0.15) is 18.2 Å². The van der Waals surface area contributed by atoms with Crippen LogP contribution in [0.25, 0.3) is 0 Å². The summed E-state index contributed by atoms with van der Waals surface area (Å²) in [6.07, 6.45) is -1.67. The molecule has 0 bridgehead atoms. The van der Waals surface area contributed by atoms with Crippen LogP contribution in [0.4, 0.5) is 24.9 Å². The highest BCUT2D eigenvalue weighted by Crippen LogP contribution is 2.33. The Kier molecular flexibility index (Phi) is 5.79. The number of halogens is 3. The van der Waals surface area contributed by atoms with Crippen LogP contribution in [0, 0.1) is 5.92 Å². The predicted octanol–water partition coefficient (Wildman–Crippen LogP) is 3.39. The lowest BCUT2D eigenvalue weighted by molar-refractivity contribution is -0.168. The first-order valence-corrected chi connectivity index (χ1v) is 8.58. The highest BCUT2D eigenvalue weighted by atomic mass is 19.4. The first-order valence-electron chi connectivity index (χ1n) is 8.58. The van der Waals surface area contributed by atoms with Gasteiger partial charge >= 0.3 is 6.18 Å². The van der Waals surface area contributed by atoms with Crippen LogP contribution in [0.2, 0.25) is 0 Å². The third-order valence-corrected chi connectivity index (χ3v) is 4.80. The summed E-state index contributed by atoms with van der Waals surface area (Å²) in [4.78, 5) is 19.8. The molecule has 1 aromatic heterocycles. The van der Waals surface area contributed by atoms with Crippen LogP contribution in [0.1, 0.15) is 57.3 Å². The smallest absolute Gasteiger partial charge is 0.393 e. The van der Waals surface area contributed by atoms with Gasteiger partial charge in [0.1, 0.15) is 11.4 Å². The van der Waals surface area contributed by atoms with Crippen molar-refractivity contribution in [1.82, 2.24) is 9.97 Å². The molecule has 0 radical (unpaired) electrons. The summed E-state index contributed by atoms with van der Waals surface area (Å²) in [5.74, 6) is -0.140. The molecule has 26 heavy (non-hydrogen) atoms. The number of carbonyl (C=O) groups is 1. The van der Waals surface area contributed by atoms with Gasteiger partial charge in [-0.25, -0.2) is 4.98 Å². The van der Waals surface area contributed by atoms with Crippen molar-refractivity contribution in [3.63, 3.8) is 0 Å². The number of nitrogens with one attached hydrogen (secondary N) is 2. The number of carbonyl (C=O) groups excluding carboxylic acids is 1. The van der Waals surface area contributed by atoms with E-state index in [1.54, 1.807) is 0 Å². The highest BCUT2D eigenvalue weighted by Gasteiger charge is 2.48. The van der Waals surface area contributed by atoms with Gasteiger partial charge in [0, 0.05) is 12.2 Å². The van der Waals surface area contributed by atoms with E-state index in [9.17, 15) is 23.1 Å². The Morgan fingerprint density at radius 3 is 2.50 bits per heavy atom. The molecule has 1 saturated carbocycles. The third-order valence-electron chi connectivity index (χ3n) is 4.80. The van der Waals surface area contributed by atoms with Gasteiger partial charge in [-0.1, -0.05) is 6.92 Å². The topological polar surface area (TPSA) is 87.1 Å². The monoisotopic (exact) mass is 374 g/mol. The lowest BCUT2D eigenvalue weighted by Gasteiger charge is -2.32. The molecule has 1 aliphatic carbocycles. The van der Waals surface area contributed by atoms with Crippen LogP contribution < -0.4 is 10.6 Å². The zero-order valence-electron chi connectivity index (χ0n) is 15.3. The largest absolute Gasteiger partial charge is 0.410 e. The molecule has 6 nitrogen and oxygen atoms in total. The van der Waals surface area contributed by atoms with E-state index >= 15 is 0 Å². The molecule has 2 rings (SSSR count). The molecule has 146 valence electrons. The van der Waals surface area contributed by atoms with E-state index in [1.807, 2.05) is 6.92 Å². The van der Waals surface area contributed by atoms with Gasteiger partial charge < -0.3 is 15.7 Å². The van der Waals surface area contributed by atoms with Crippen molar-refractivity contribution in [2.24, 2.45) is 5.92 Å². The van der Waals surface area contributed by atoms with E-state index < -0.39 is 17.8 Å². The van der Waals surface area contributed by atoms with Gasteiger partial charge in [0.25, 0.3) is 0 Å². The molecule has 1 heterocycles. The van der Waals surface area contributed by atoms with Gasteiger partial charge in [-0.15, -0.1) is 0 Å². The molecule has 0 unspecified atom stereocenters. The number of hydrogen-bond donors (Lipinski definition) is 3. The minimum atomic E-state index is -4.49. The number of nitrogens with zero attached hydrogens (tertiary/aromatic N) is 2. The summed E-state index contributed by atoms with van der Waals surface area (Å²) in [5.41, 5.74) is -2.02. The Balaban J connectivity index is 2.25. The number of aliphatic hydroxyl groups excluding tert-OH is 1. The lowest BCUT2D eigenvalue weighted by Crippen LogP contribution is -2.46. The standard InChI is InChI=1S/C17H25F3N4O2/c1-9-5-6-11(7-13(9)26)22-14-12(10(2)25)8-21-15(23-14)24-16(3,4)17(18,19)20/h8-9,11,13,26H,5-7H2,1-4H3,(H2,21,22,23,24)/t9-,11-,13-/m1/s1. The molecule has 3 atom stereocenters. The maximum Gasteiger partial charge on any atom is 0.410 e. The molecule has 1 fully saturated rings. The Bertz CT molecular complexity index is 664. The first-order chi connectivity index (χ1) is 11.9. The highest BCUT2D eigenvalue weighted by molar-refractivity contribution is 5.98. The molecule has 0 amide bonds. The van der Waals surface area contributed by atoms with Gasteiger partial charge in [-0.05, 0) is 46.0 Å². The summed E-state index contributed by atoms with van der Waals surface area (Å²) in [7, 11) is 0. The minimum Gasteiger partial charge on any atom is -0.393 e. The molecule has 9 heteroatoms. The second-order valence-corrected chi connectivity index (χ2v) is 7.46. The maximum absolute atomic E-state index is 13.1. The fraction of sp³-hybridized carbons (Fsp3) is 0.706. The second-order valence-electron chi connectivity index (χ2n) is 7.46. The van der Waals surface area contributed by atoms with Gasteiger partial charge in [-0.3, -0.25) is 4.79 Å². The predicted molar refractivity (Wildman–Crippen MR) is 92.2 cm³/mol. The zero-order valence-corrected chi connectivity index (χ0v) is 15.3. The number of Topliss-reactive ketones (excluding diaryl/α,β-unsaturated/α-hetero) is 1. The van der Waals surface area contributed by atoms with Crippen LogP contribution >= 0.6 is 0 Å². The van der Waals surface area contributed by atoms with Crippen LogP contribution in [0.5, 0.6) is 0 Å². The summed E-state index contributed by atoms with van der Waals surface area (Å²) >= 11 is 0. The van der Waals surface area contributed by atoms with Gasteiger partial charge in [0.2, 0.25) is 5.95 Å². The van der Waals surface area contributed by atoms with E-state index in [0.29, 0.717) is 6.42 Å². The van der Waals surface area contributed by atoms with E-state index in [1.165, 1.54) is 13.1 Å². The van der Waals surface area contributed by atoms with Crippen molar-refractivity contribution in [1.29, 1.82) is 0 Å². The summed E-state index contributed by atoms with van der Waals surface area (Å²) in [6, 6.07) is -0.113. The summed E-state index contributed by atoms with van der Waals surface area (Å²) in [6.45, 7) is 5.28. The van der Waals surface area contributed by atoms with Crippen molar-refractivity contribution in [3.05, 3.63) is 11.8 Å². The van der Waals surface area contributed by atoms with E-state index in [-0.39, 0.29) is 35.1 Å². The molecule has 0 spiro atoms. The molecule has 1 aliphatic rings. The van der Waals surface area contributed by atoms with Crippen molar-refractivity contribution >= 4 is 17.5 Å². The SMILES string of the molecule is CC(=O)c1cnc(NC(C)(C)C(F)(F)F)nc1N[C@@H]1CC[C@@H](C)[C@H](O)C1. The fourth-order valence-electron chi connectivity index (χ4n) is 2.78. The first kappa shape index (κ1) is 20.4. The van der Waals surface area contributed by atoms with Crippen molar-refractivity contribution in [2.75, 3.05) is 10.6 Å². The Hall–Kier alpha value is -1.90. The average Bonchev–Trinajstić information content (AvgIpc) is 2.49. The number of anilines is 2. The molecule has 0 aromatic carbocycles. The van der Waals surface area contributed by atoms with Gasteiger partial charge in [0.05, 0.1) is 11.7 Å². The molecule has 1 aromatic rings. The Labute approximate surface area is 150 Å². The third kappa shape index (κ3) is 4.63. The van der Waals surface area contributed by atoms with Crippen LogP contribution in [-0.2, 0) is 0 Å². The van der Waals surface area contributed by atoms with Crippen LogP contribution in [0.15, 0.2) is 6.20 Å². The molecule has 3 N–H and O–H groups in total. The fourth-order valence-corrected chi connectivity index (χ4v) is 2.78. The molecule has 0 aliphatic heterocycles. The Morgan fingerprint density at radius 2 is 1.96 bits per heavy atom. The number of rotatable bonds is 5. The van der Waals surface area contributed by atoms with Gasteiger partial charge in [0.15, 0.2) is 5.78 Å². The number of hydrogen-bond acceptors (Lipinski definition) is 6. The van der Waals surface area contributed by atoms with Crippen LogP contribution in [0.3, 0.4) is 0 Å². The second kappa shape index (κ2) is 7.38. The van der Waals surface area contributed by atoms with Crippen LogP contribution in [-0.4, -0.2) is 44.7 Å². The normalized spacial score (nSPS) is 24.2. The average molecular weight is 374 g/mol. The molecule has 0 saturated heterocycles. The summed E-state index contributed by atoms with van der Waals surface area (Å²) < 4.78 is 39.2. The quantitative estimate of drug-likeness (QED) is 0.685. The number of alkyl halides is 3. The molecular formula is C17H25F3N4O2. The van der Waals surface area contributed by atoms with E-state index in [2.05, 4.69) is 20.6 Å².